The highest BCUT2D eigenvalue weighted by Crippen LogP contribution is 2.23. The fourth-order valence-corrected chi connectivity index (χ4v) is 3.69. The highest BCUT2D eigenvalue weighted by molar-refractivity contribution is 14.0. The molecule has 1 aliphatic rings. The second kappa shape index (κ2) is 11.0. The van der Waals surface area contributed by atoms with E-state index in [4.69, 9.17) is 0 Å². The lowest BCUT2D eigenvalue weighted by molar-refractivity contribution is 0.134. The third-order valence-corrected chi connectivity index (χ3v) is 4.55. The SMILES string of the molecule is CN=C(NCc1ccccc1CN1CC(C)CC(C)C1)NC(C)C.I. The van der Waals surface area contributed by atoms with Crippen LogP contribution in [0, 0.1) is 11.8 Å². The van der Waals surface area contributed by atoms with Crippen LogP contribution < -0.4 is 10.6 Å². The molecule has 1 aromatic carbocycles. The fourth-order valence-electron chi connectivity index (χ4n) is 3.69. The van der Waals surface area contributed by atoms with E-state index in [2.05, 4.69) is 72.5 Å². The average Bonchev–Trinajstić information content (AvgIpc) is 2.51. The Hall–Kier alpha value is -0.820. The van der Waals surface area contributed by atoms with Crippen molar-refractivity contribution < 1.29 is 0 Å². The van der Waals surface area contributed by atoms with Gasteiger partial charge in [0.2, 0.25) is 0 Å². The number of hydrogen-bond donors (Lipinski definition) is 2. The summed E-state index contributed by atoms with van der Waals surface area (Å²) in [5.74, 6) is 2.46. The first kappa shape index (κ1) is 22.2. The summed E-state index contributed by atoms with van der Waals surface area (Å²) in [6.45, 7) is 13.3. The predicted octanol–water partition coefficient (Wildman–Crippen LogP) is 3.86. The number of piperidine rings is 1. The molecule has 142 valence electrons. The van der Waals surface area contributed by atoms with Gasteiger partial charge in [0.25, 0.3) is 0 Å². The zero-order chi connectivity index (χ0) is 17.5. The van der Waals surface area contributed by atoms with E-state index in [1.54, 1.807) is 0 Å². The van der Waals surface area contributed by atoms with Gasteiger partial charge in [0.15, 0.2) is 5.96 Å². The normalized spacial score (nSPS) is 21.8. The molecule has 0 aliphatic carbocycles. The predicted molar refractivity (Wildman–Crippen MR) is 119 cm³/mol. The summed E-state index contributed by atoms with van der Waals surface area (Å²) < 4.78 is 0. The van der Waals surface area contributed by atoms with Crippen molar-refractivity contribution in [1.82, 2.24) is 15.5 Å². The van der Waals surface area contributed by atoms with Crippen LogP contribution in [0.2, 0.25) is 0 Å². The number of likely N-dealkylation sites (tertiary alicyclic amines) is 1. The largest absolute Gasteiger partial charge is 0.354 e. The van der Waals surface area contributed by atoms with Crippen LogP contribution >= 0.6 is 24.0 Å². The van der Waals surface area contributed by atoms with E-state index in [0.29, 0.717) is 6.04 Å². The van der Waals surface area contributed by atoms with Crippen LogP contribution in [0.15, 0.2) is 29.3 Å². The van der Waals surface area contributed by atoms with Crippen molar-refractivity contribution in [1.29, 1.82) is 0 Å². The molecule has 2 N–H and O–H groups in total. The molecular weight excluding hydrogens is 423 g/mol. The van der Waals surface area contributed by atoms with E-state index in [1.165, 1.54) is 30.6 Å². The first-order valence-corrected chi connectivity index (χ1v) is 9.24. The van der Waals surface area contributed by atoms with Gasteiger partial charge < -0.3 is 10.6 Å². The van der Waals surface area contributed by atoms with Crippen LogP contribution in [0.25, 0.3) is 0 Å². The lowest BCUT2D eigenvalue weighted by Crippen LogP contribution is -2.41. The molecule has 5 heteroatoms. The molecule has 0 aromatic heterocycles. The van der Waals surface area contributed by atoms with Crippen molar-refractivity contribution in [2.45, 2.75) is 53.2 Å². The van der Waals surface area contributed by atoms with Crippen molar-refractivity contribution in [2.75, 3.05) is 20.1 Å². The van der Waals surface area contributed by atoms with E-state index < -0.39 is 0 Å². The van der Waals surface area contributed by atoms with Crippen molar-refractivity contribution in [3.8, 4) is 0 Å². The maximum atomic E-state index is 4.29. The lowest BCUT2D eigenvalue weighted by atomic mass is 9.91. The molecule has 0 saturated carbocycles. The number of nitrogens with zero attached hydrogens (tertiary/aromatic N) is 2. The Kier molecular flexibility index (Phi) is 9.79. The van der Waals surface area contributed by atoms with E-state index in [1.807, 2.05) is 7.05 Å². The lowest BCUT2D eigenvalue weighted by Gasteiger charge is -2.35. The number of halogens is 1. The van der Waals surface area contributed by atoms with Crippen LogP contribution in [0.3, 0.4) is 0 Å². The number of benzene rings is 1. The highest BCUT2D eigenvalue weighted by atomic mass is 127. The highest BCUT2D eigenvalue weighted by Gasteiger charge is 2.22. The third-order valence-electron chi connectivity index (χ3n) is 4.55. The van der Waals surface area contributed by atoms with Crippen LogP contribution in [-0.4, -0.2) is 37.0 Å². The van der Waals surface area contributed by atoms with Gasteiger partial charge in [0, 0.05) is 39.3 Å². The Bertz CT molecular complexity index is 534. The van der Waals surface area contributed by atoms with Crippen LogP contribution in [-0.2, 0) is 13.1 Å². The first-order valence-electron chi connectivity index (χ1n) is 9.24. The van der Waals surface area contributed by atoms with E-state index >= 15 is 0 Å². The summed E-state index contributed by atoms with van der Waals surface area (Å²) in [5, 5.41) is 6.77. The molecule has 1 saturated heterocycles. The molecule has 0 spiro atoms. The van der Waals surface area contributed by atoms with Gasteiger partial charge in [-0.15, -0.1) is 24.0 Å². The van der Waals surface area contributed by atoms with Gasteiger partial charge in [-0.1, -0.05) is 38.1 Å². The van der Waals surface area contributed by atoms with Crippen molar-refractivity contribution in [3.63, 3.8) is 0 Å². The summed E-state index contributed by atoms with van der Waals surface area (Å²) in [6.07, 6.45) is 1.36. The van der Waals surface area contributed by atoms with Crippen LogP contribution in [0.4, 0.5) is 0 Å². The number of guanidine groups is 1. The van der Waals surface area contributed by atoms with E-state index in [-0.39, 0.29) is 24.0 Å². The molecule has 1 aliphatic heterocycles. The third kappa shape index (κ3) is 7.52. The van der Waals surface area contributed by atoms with Gasteiger partial charge >= 0.3 is 0 Å². The summed E-state index contributed by atoms with van der Waals surface area (Å²) in [6, 6.07) is 9.14. The van der Waals surface area contributed by atoms with Crippen molar-refractivity contribution >= 4 is 29.9 Å². The molecule has 4 nitrogen and oxygen atoms in total. The smallest absolute Gasteiger partial charge is 0.191 e. The van der Waals surface area contributed by atoms with Crippen molar-refractivity contribution in [3.05, 3.63) is 35.4 Å². The number of hydrogen-bond acceptors (Lipinski definition) is 2. The maximum absolute atomic E-state index is 4.29. The summed E-state index contributed by atoms with van der Waals surface area (Å²) >= 11 is 0. The van der Waals surface area contributed by atoms with E-state index in [9.17, 15) is 0 Å². The van der Waals surface area contributed by atoms with Crippen LogP contribution in [0.1, 0.15) is 45.2 Å². The van der Waals surface area contributed by atoms with Gasteiger partial charge in [0.05, 0.1) is 0 Å². The van der Waals surface area contributed by atoms with Gasteiger partial charge in [-0.3, -0.25) is 9.89 Å². The molecule has 2 unspecified atom stereocenters. The summed E-state index contributed by atoms with van der Waals surface area (Å²) in [7, 11) is 1.82. The molecule has 0 radical (unpaired) electrons. The topological polar surface area (TPSA) is 39.7 Å². The minimum atomic E-state index is 0. The molecule has 0 amide bonds. The van der Waals surface area contributed by atoms with Crippen molar-refractivity contribution in [2.24, 2.45) is 16.8 Å². The standard InChI is InChI=1S/C20H34N4.HI/c1-15(2)23-20(21-5)22-11-18-8-6-7-9-19(18)14-24-12-16(3)10-17(4)13-24;/h6-9,15-17H,10-14H2,1-5H3,(H2,21,22,23);1H. The minimum absolute atomic E-state index is 0. The first-order chi connectivity index (χ1) is 11.5. The Balaban J connectivity index is 0.00000312. The van der Waals surface area contributed by atoms with Gasteiger partial charge in [-0.25, -0.2) is 0 Å². The fraction of sp³-hybridized carbons (Fsp3) is 0.650. The number of rotatable bonds is 5. The molecule has 1 fully saturated rings. The zero-order valence-electron chi connectivity index (χ0n) is 16.4. The molecule has 1 aromatic rings. The molecule has 2 rings (SSSR count). The Morgan fingerprint density at radius 2 is 1.76 bits per heavy atom. The van der Waals surface area contributed by atoms with Crippen LogP contribution in [0.5, 0.6) is 0 Å². The quantitative estimate of drug-likeness (QED) is 0.400. The summed E-state index contributed by atoms with van der Waals surface area (Å²) in [4.78, 5) is 6.90. The Morgan fingerprint density at radius 1 is 1.16 bits per heavy atom. The Labute approximate surface area is 170 Å². The second-order valence-electron chi connectivity index (χ2n) is 7.63. The Morgan fingerprint density at radius 3 is 2.32 bits per heavy atom. The van der Waals surface area contributed by atoms with Gasteiger partial charge in [-0.2, -0.15) is 0 Å². The maximum Gasteiger partial charge on any atom is 0.191 e. The molecule has 0 bridgehead atoms. The summed E-state index contributed by atoms with van der Waals surface area (Å²) in [5.41, 5.74) is 2.78. The number of nitrogens with one attached hydrogen (secondary N) is 2. The molecular formula is C20H35IN4. The second-order valence-corrected chi connectivity index (χ2v) is 7.63. The molecule has 25 heavy (non-hydrogen) atoms. The van der Waals surface area contributed by atoms with E-state index in [0.717, 1.165) is 30.9 Å². The number of aliphatic imine (C=N–C) groups is 1. The molecule has 1 heterocycles. The van der Waals surface area contributed by atoms with Gasteiger partial charge in [0.1, 0.15) is 0 Å². The molecule has 2 atom stereocenters. The average molecular weight is 458 g/mol. The van der Waals surface area contributed by atoms with Gasteiger partial charge in [-0.05, 0) is 43.2 Å². The monoisotopic (exact) mass is 458 g/mol. The zero-order valence-corrected chi connectivity index (χ0v) is 18.7. The minimum Gasteiger partial charge on any atom is -0.354 e.